The van der Waals surface area contributed by atoms with Crippen molar-refractivity contribution < 1.29 is 14.9 Å². The van der Waals surface area contributed by atoms with Gasteiger partial charge in [-0.15, -0.1) is 5.10 Å². The molecule has 23 heavy (non-hydrogen) atoms. The summed E-state index contributed by atoms with van der Waals surface area (Å²) in [6.45, 7) is 0. The number of nitrogens with two attached hydrogens (primary N) is 1. The molecule has 118 valence electrons. The van der Waals surface area contributed by atoms with Crippen LogP contribution < -0.4 is 15.8 Å². The molecular formula is C14H14N6O3. The molecule has 0 saturated heterocycles. The molecule has 0 aliphatic rings. The minimum Gasteiger partial charge on any atom is -0.504 e. The number of hydrogen-bond acceptors (Lipinski definition) is 8. The zero-order valence-corrected chi connectivity index (χ0v) is 12.1. The number of rotatable bonds is 4. The largest absolute Gasteiger partial charge is 0.504 e. The molecule has 0 unspecified atom stereocenters. The number of nitrogens with zero attached hydrogens (tertiary/aromatic N) is 4. The van der Waals surface area contributed by atoms with E-state index in [1.54, 1.807) is 24.4 Å². The molecule has 9 nitrogen and oxygen atoms in total. The third kappa shape index (κ3) is 2.79. The molecule has 0 fully saturated rings. The van der Waals surface area contributed by atoms with Crippen molar-refractivity contribution in [3.63, 3.8) is 0 Å². The number of aromatic nitrogens is 4. The topological polar surface area (TPSA) is 131 Å². The molecule has 0 atom stereocenters. The van der Waals surface area contributed by atoms with E-state index in [1.807, 2.05) is 0 Å². The average molecular weight is 314 g/mol. The zero-order valence-electron chi connectivity index (χ0n) is 12.1. The molecule has 5 N–H and O–H groups in total. The van der Waals surface area contributed by atoms with E-state index in [9.17, 15) is 10.2 Å². The highest BCUT2D eigenvalue weighted by Gasteiger charge is 2.13. The van der Waals surface area contributed by atoms with Crippen molar-refractivity contribution in [3.8, 4) is 23.1 Å². The summed E-state index contributed by atoms with van der Waals surface area (Å²) in [5.74, 6) is 0.330. The summed E-state index contributed by atoms with van der Waals surface area (Å²) in [5, 5.41) is 26.4. The summed E-state index contributed by atoms with van der Waals surface area (Å²) in [4.78, 5) is 8.23. The first-order valence-electron chi connectivity index (χ1n) is 6.59. The number of aromatic hydroxyl groups is 2. The van der Waals surface area contributed by atoms with Crippen LogP contribution in [0.2, 0.25) is 0 Å². The van der Waals surface area contributed by atoms with Gasteiger partial charge in [0.1, 0.15) is 0 Å². The average Bonchev–Trinajstić information content (AvgIpc) is 2.92. The first-order chi connectivity index (χ1) is 11.1. The summed E-state index contributed by atoms with van der Waals surface area (Å²) in [6.07, 6.45) is 1.62. The molecule has 0 saturated carbocycles. The molecular weight excluding hydrogens is 300 g/mol. The molecule has 0 aliphatic heterocycles. The Morgan fingerprint density at radius 3 is 2.78 bits per heavy atom. The standard InChI is InChI=1S/C14H14N6O3/c1-23-10-7-8(6-9(21)12(10)22)17-14-18-13(15)20(19-14)11-4-2-3-5-16-11/h2-7,21-22H,1H3,(H3,15,17,18,19). The third-order valence-electron chi connectivity index (χ3n) is 3.03. The molecule has 0 radical (unpaired) electrons. The summed E-state index contributed by atoms with van der Waals surface area (Å²) in [7, 11) is 1.38. The van der Waals surface area contributed by atoms with Crippen LogP contribution in [-0.2, 0) is 0 Å². The Balaban J connectivity index is 1.91. The fourth-order valence-corrected chi connectivity index (χ4v) is 1.97. The van der Waals surface area contributed by atoms with Crippen molar-refractivity contribution in [2.45, 2.75) is 0 Å². The van der Waals surface area contributed by atoms with E-state index in [0.717, 1.165) is 0 Å². The Morgan fingerprint density at radius 2 is 2.09 bits per heavy atom. The van der Waals surface area contributed by atoms with Gasteiger partial charge in [0.05, 0.1) is 7.11 Å². The number of methoxy groups -OCH3 is 1. The second kappa shape index (κ2) is 5.72. The minimum atomic E-state index is -0.343. The number of hydrogen-bond donors (Lipinski definition) is 4. The van der Waals surface area contributed by atoms with Crippen molar-refractivity contribution in [3.05, 3.63) is 36.5 Å². The predicted octanol–water partition coefficient (Wildman–Crippen LogP) is 1.41. The quantitative estimate of drug-likeness (QED) is 0.420. The van der Waals surface area contributed by atoms with Crippen molar-refractivity contribution in [1.29, 1.82) is 0 Å². The number of benzene rings is 1. The molecule has 1 aromatic carbocycles. The smallest absolute Gasteiger partial charge is 0.248 e. The van der Waals surface area contributed by atoms with Crippen LogP contribution in [0.5, 0.6) is 17.2 Å². The number of nitrogen functional groups attached to an aromatic ring is 1. The second-order valence-corrected chi connectivity index (χ2v) is 4.56. The maximum atomic E-state index is 9.68. The molecule has 3 rings (SSSR count). The Morgan fingerprint density at radius 1 is 1.26 bits per heavy atom. The zero-order chi connectivity index (χ0) is 16.4. The maximum absolute atomic E-state index is 9.68. The number of nitrogens with one attached hydrogen (secondary N) is 1. The van der Waals surface area contributed by atoms with E-state index in [-0.39, 0.29) is 29.1 Å². The highest BCUT2D eigenvalue weighted by atomic mass is 16.5. The van der Waals surface area contributed by atoms with Gasteiger partial charge in [0.15, 0.2) is 17.3 Å². The number of ether oxygens (including phenoxy) is 1. The fourth-order valence-electron chi connectivity index (χ4n) is 1.97. The van der Waals surface area contributed by atoms with Crippen molar-refractivity contribution in [2.24, 2.45) is 0 Å². The lowest BCUT2D eigenvalue weighted by Gasteiger charge is -2.08. The van der Waals surface area contributed by atoms with E-state index < -0.39 is 0 Å². The van der Waals surface area contributed by atoms with Gasteiger partial charge < -0.3 is 26.0 Å². The normalized spacial score (nSPS) is 10.5. The monoisotopic (exact) mass is 314 g/mol. The summed E-state index contributed by atoms with van der Waals surface area (Å²) in [6, 6.07) is 8.13. The molecule has 0 aliphatic carbocycles. The van der Waals surface area contributed by atoms with Crippen molar-refractivity contribution in [2.75, 3.05) is 18.2 Å². The maximum Gasteiger partial charge on any atom is 0.248 e. The first kappa shape index (κ1) is 14.4. The van der Waals surface area contributed by atoms with Crippen LogP contribution >= 0.6 is 0 Å². The van der Waals surface area contributed by atoms with Gasteiger partial charge in [-0.2, -0.15) is 9.67 Å². The Labute approximate surface area is 131 Å². The lowest BCUT2D eigenvalue weighted by atomic mass is 10.2. The SMILES string of the molecule is COc1cc(Nc2nc(N)n(-c3ccccn3)n2)cc(O)c1O. The molecule has 2 aromatic heterocycles. The minimum absolute atomic E-state index is 0.115. The van der Waals surface area contributed by atoms with Gasteiger partial charge in [-0.25, -0.2) is 4.98 Å². The molecule has 2 heterocycles. The number of anilines is 3. The lowest BCUT2D eigenvalue weighted by Crippen LogP contribution is -2.04. The van der Waals surface area contributed by atoms with Gasteiger partial charge in [-0.1, -0.05) is 6.07 Å². The third-order valence-corrected chi connectivity index (χ3v) is 3.03. The Hall–Kier alpha value is -3.49. The van der Waals surface area contributed by atoms with Crippen LogP contribution in [0, 0.1) is 0 Å². The summed E-state index contributed by atoms with van der Waals surface area (Å²) in [5.41, 5.74) is 6.26. The predicted molar refractivity (Wildman–Crippen MR) is 83.2 cm³/mol. The van der Waals surface area contributed by atoms with Crippen LogP contribution in [0.15, 0.2) is 36.5 Å². The molecule has 0 spiro atoms. The van der Waals surface area contributed by atoms with Crippen LogP contribution in [0.4, 0.5) is 17.6 Å². The van der Waals surface area contributed by atoms with Gasteiger partial charge in [0, 0.05) is 24.0 Å². The van der Waals surface area contributed by atoms with Gasteiger partial charge >= 0.3 is 0 Å². The van der Waals surface area contributed by atoms with E-state index in [0.29, 0.717) is 11.5 Å². The van der Waals surface area contributed by atoms with Crippen LogP contribution in [-0.4, -0.2) is 37.1 Å². The highest BCUT2D eigenvalue weighted by molar-refractivity contribution is 5.65. The van der Waals surface area contributed by atoms with Gasteiger partial charge in [-0.05, 0) is 12.1 Å². The summed E-state index contributed by atoms with van der Waals surface area (Å²) < 4.78 is 6.35. The van der Waals surface area contributed by atoms with Gasteiger partial charge in [0.25, 0.3) is 0 Å². The van der Waals surface area contributed by atoms with Crippen molar-refractivity contribution >= 4 is 17.6 Å². The molecule has 3 aromatic rings. The van der Waals surface area contributed by atoms with Crippen molar-refractivity contribution in [1.82, 2.24) is 19.7 Å². The fraction of sp³-hybridized carbons (Fsp3) is 0.0714. The highest BCUT2D eigenvalue weighted by Crippen LogP contribution is 2.38. The first-order valence-corrected chi connectivity index (χ1v) is 6.59. The summed E-state index contributed by atoms with van der Waals surface area (Å²) >= 11 is 0. The molecule has 0 amide bonds. The van der Waals surface area contributed by atoms with Crippen LogP contribution in [0.1, 0.15) is 0 Å². The number of phenolic OH excluding ortho intramolecular Hbond substituents is 2. The van der Waals surface area contributed by atoms with Crippen LogP contribution in [0.3, 0.4) is 0 Å². The van der Waals surface area contributed by atoms with E-state index >= 15 is 0 Å². The van der Waals surface area contributed by atoms with Gasteiger partial charge in [0.2, 0.25) is 17.6 Å². The molecule has 0 bridgehead atoms. The second-order valence-electron chi connectivity index (χ2n) is 4.56. The van der Waals surface area contributed by atoms with E-state index in [2.05, 4.69) is 20.4 Å². The van der Waals surface area contributed by atoms with E-state index in [1.165, 1.54) is 23.9 Å². The Kier molecular flexibility index (Phi) is 3.59. The lowest BCUT2D eigenvalue weighted by molar-refractivity contribution is 0.351. The number of phenols is 2. The Bertz CT molecular complexity index is 834. The van der Waals surface area contributed by atoms with Crippen LogP contribution in [0.25, 0.3) is 5.82 Å². The van der Waals surface area contributed by atoms with E-state index in [4.69, 9.17) is 10.5 Å². The molecule has 9 heteroatoms. The van der Waals surface area contributed by atoms with Gasteiger partial charge in [-0.3, -0.25) is 0 Å². The number of pyridine rings is 1.